The summed E-state index contributed by atoms with van der Waals surface area (Å²) in [7, 11) is 0. The van der Waals surface area contributed by atoms with Gasteiger partial charge in [0.2, 0.25) is 0 Å². The maximum Gasteiger partial charge on any atom is 0.0838 e. The van der Waals surface area contributed by atoms with E-state index in [9.17, 15) is 5.11 Å². The van der Waals surface area contributed by atoms with Crippen molar-refractivity contribution in [3.05, 3.63) is 48.0 Å². The summed E-state index contributed by atoms with van der Waals surface area (Å²) in [5, 5.41) is 12.6. The fraction of sp³-hybridized carbons (Fsp3) is 0.333. The van der Waals surface area contributed by atoms with E-state index >= 15 is 0 Å². The largest absolute Gasteiger partial charge is 0.388 e. The molecule has 0 aromatic heterocycles. The maximum absolute atomic E-state index is 10.2. The molecule has 0 saturated carbocycles. The molecule has 1 N–H and O–H groups in total. The Labute approximate surface area is 96.7 Å². The standard InChI is InChI=1S/C15H18O/c1-15(2,3)14(16)13-9-8-11-6-4-5-7-12(11)10-13/h4-10,14,16H,1-3H3/t14-/m0/s1. The fourth-order valence-electron chi connectivity index (χ4n) is 1.88. The van der Waals surface area contributed by atoms with Gasteiger partial charge in [0.15, 0.2) is 0 Å². The summed E-state index contributed by atoms with van der Waals surface area (Å²) in [6, 6.07) is 14.4. The van der Waals surface area contributed by atoms with Crippen LogP contribution in [0.25, 0.3) is 10.8 Å². The van der Waals surface area contributed by atoms with Crippen molar-refractivity contribution in [3.8, 4) is 0 Å². The second-order valence-electron chi connectivity index (χ2n) is 5.38. The van der Waals surface area contributed by atoms with Crippen LogP contribution in [0.4, 0.5) is 0 Å². The summed E-state index contributed by atoms with van der Waals surface area (Å²) in [5.41, 5.74) is 0.869. The van der Waals surface area contributed by atoms with Crippen LogP contribution in [-0.4, -0.2) is 5.11 Å². The molecule has 0 radical (unpaired) electrons. The fourth-order valence-corrected chi connectivity index (χ4v) is 1.88. The number of aliphatic hydroxyl groups excluding tert-OH is 1. The zero-order valence-electron chi connectivity index (χ0n) is 10.1. The molecule has 0 bridgehead atoms. The van der Waals surface area contributed by atoms with Gasteiger partial charge in [-0.05, 0) is 27.8 Å². The quantitative estimate of drug-likeness (QED) is 0.762. The first-order chi connectivity index (χ1) is 7.48. The highest BCUT2D eigenvalue weighted by Crippen LogP contribution is 2.33. The Balaban J connectivity index is 2.47. The highest BCUT2D eigenvalue weighted by molar-refractivity contribution is 5.83. The Morgan fingerprint density at radius 1 is 0.938 bits per heavy atom. The molecule has 0 aliphatic carbocycles. The molecule has 2 aromatic rings. The Morgan fingerprint density at radius 2 is 1.56 bits per heavy atom. The molecule has 2 aromatic carbocycles. The van der Waals surface area contributed by atoms with E-state index in [-0.39, 0.29) is 5.41 Å². The van der Waals surface area contributed by atoms with Gasteiger partial charge < -0.3 is 5.11 Å². The van der Waals surface area contributed by atoms with E-state index in [4.69, 9.17) is 0 Å². The van der Waals surface area contributed by atoms with Gasteiger partial charge in [-0.1, -0.05) is 57.2 Å². The predicted octanol–water partition coefficient (Wildman–Crippen LogP) is 3.92. The van der Waals surface area contributed by atoms with Crippen molar-refractivity contribution in [2.75, 3.05) is 0 Å². The predicted molar refractivity (Wildman–Crippen MR) is 68.4 cm³/mol. The molecule has 0 unspecified atom stereocenters. The van der Waals surface area contributed by atoms with Crippen molar-refractivity contribution in [2.45, 2.75) is 26.9 Å². The van der Waals surface area contributed by atoms with Crippen LogP contribution in [0.1, 0.15) is 32.4 Å². The van der Waals surface area contributed by atoms with Crippen LogP contribution in [0.5, 0.6) is 0 Å². The van der Waals surface area contributed by atoms with E-state index in [0.29, 0.717) is 0 Å². The summed E-state index contributed by atoms with van der Waals surface area (Å²) in [5.74, 6) is 0. The lowest BCUT2D eigenvalue weighted by Gasteiger charge is -2.26. The lowest BCUT2D eigenvalue weighted by molar-refractivity contribution is 0.0628. The molecular formula is C15H18O. The summed E-state index contributed by atoms with van der Waals surface area (Å²) in [4.78, 5) is 0. The lowest BCUT2D eigenvalue weighted by Crippen LogP contribution is -2.17. The van der Waals surface area contributed by atoms with Crippen LogP contribution in [0.2, 0.25) is 0 Å². The number of aliphatic hydroxyl groups is 1. The molecule has 0 spiro atoms. The Morgan fingerprint density at radius 3 is 2.19 bits per heavy atom. The summed E-state index contributed by atoms with van der Waals surface area (Å²) >= 11 is 0. The molecule has 0 aliphatic rings. The van der Waals surface area contributed by atoms with Gasteiger partial charge in [-0.3, -0.25) is 0 Å². The van der Waals surface area contributed by atoms with Crippen LogP contribution >= 0.6 is 0 Å². The highest BCUT2D eigenvalue weighted by atomic mass is 16.3. The van der Waals surface area contributed by atoms with E-state index < -0.39 is 6.10 Å². The third-order valence-corrected chi connectivity index (χ3v) is 2.91. The molecule has 16 heavy (non-hydrogen) atoms. The average molecular weight is 214 g/mol. The van der Waals surface area contributed by atoms with Crippen molar-refractivity contribution in [1.29, 1.82) is 0 Å². The van der Waals surface area contributed by atoms with Gasteiger partial charge >= 0.3 is 0 Å². The Kier molecular flexibility index (Phi) is 2.73. The number of rotatable bonds is 1. The van der Waals surface area contributed by atoms with Gasteiger partial charge in [0.1, 0.15) is 0 Å². The van der Waals surface area contributed by atoms with Crippen LogP contribution in [0.15, 0.2) is 42.5 Å². The molecular weight excluding hydrogens is 196 g/mol. The summed E-state index contributed by atoms with van der Waals surface area (Å²) < 4.78 is 0. The molecule has 2 rings (SSSR count). The summed E-state index contributed by atoms with van der Waals surface area (Å²) in [6.45, 7) is 6.15. The minimum absolute atomic E-state index is 0.123. The third kappa shape index (κ3) is 2.10. The van der Waals surface area contributed by atoms with Crippen LogP contribution < -0.4 is 0 Å². The van der Waals surface area contributed by atoms with Crippen molar-refractivity contribution >= 4 is 10.8 Å². The molecule has 0 aliphatic heterocycles. The molecule has 0 fully saturated rings. The molecule has 1 heteroatoms. The first-order valence-corrected chi connectivity index (χ1v) is 5.65. The number of fused-ring (bicyclic) bond motifs is 1. The minimum Gasteiger partial charge on any atom is -0.388 e. The smallest absolute Gasteiger partial charge is 0.0838 e. The Bertz CT molecular complexity index is 494. The van der Waals surface area contributed by atoms with Gasteiger partial charge in [0.05, 0.1) is 6.10 Å². The zero-order valence-corrected chi connectivity index (χ0v) is 10.1. The number of benzene rings is 2. The topological polar surface area (TPSA) is 20.2 Å². The minimum atomic E-state index is -0.419. The first-order valence-electron chi connectivity index (χ1n) is 5.65. The van der Waals surface area contributed by atoms with Crippen LogP contribution in [0, 0.1) is 5.41 Å². The molecule has 0 heterocycles. The lowest BCUT2D eigenvalue weighted by atomic mass is 9.84. The molecule has 1 nitrogen and oxygen atoms in total. The van der Waals surface area contributed by atoms with Crippen molar-refractivity contribution in [2.24, 2.45) is 5.41 Å². The molecule has 0 saturated heterocycles. The normalized spacial score (nSPS) is 14.0. The van der Waals surface area contributed by atoms with E-state index in [0.717, 1.165) is 5.56 Å². The van der Waals surface area contributed by atoms with Gasteiger partial charge in [0, 0.05) is 0 Å². The summed E-state index contributed by atoms with van der Waals surface area (Å²) in [6.07, 6.45) is -0.419. The van der Waals surface area contributed by atoms with E-state index in [2.05, 4.69) is 24.3 Å². The van der Waals surface area contributed by atoms with Crippen molar-refractivity contribution in [3.63, 3.8) is 0 Å². The van der Waals surface area contributed by atoms with Gasteiger partial charge in [0.25, 0.3) is 0 Å². The van der Waals surface area contributed by atoms with Crippen molar-refractivity contribution < 1.29 is 5.11 Å². The zero-order chi connectivity index (χ0) is 11.8. The number of hydrogen-bond acceptors (Lipinski definition) is 1. The second-order valence-corrected chi connectivity index (χ2v) is 5.38. The molecule has 0 amide bonds. The van der Waals surface area contributed by atoms with E-state index in [1.54, 1.807) is 0 Å². The first kappa shape index (κ1) is 11.2. The molecule has 1 atom stereocenters. The van der Waals surface area contributed by atoms with E-state index in [1.165, 1.54) is 10.8 Å². The highest BCUT2D eigenvalue weighted by Gasteiger charge is 2.23. The Hall–Kier alpha value is -1.34. The van der Waals surface area contributed by atoms with Gasteiger partial charge in [-0.15, -0.1) is 0 Å². The van der Waals surface area contributed by atoms with E-state index in [1.807, 2.05) is 39.0 Å². The monoisotopic (exact) mass is 214 g/mol. The SMILES string of the molecule is CC(C)(C)[C@@H](O)c1ccc2ccccc2c1. The number of hydrogen-bond donors (Lipinski definition) is 1. The maximum atomic E-state index is 10.2. The van der Waals surface area contributed by atoms with Crippen molar-refractivity contribution in [1.82, 2.24) is 0 Å². The molecule has 84 valence electrons. The van der Waals surface area contributed by atoms with Crippen LogP contribution in [-0.2, 0) is 0 Å². The van der Waals surface area contributed by atoms with Crippen LogP contribution in [0.3, 0.4) is 0 Å². The second kappa shape index (κ2) is 3.91. The van der Waals surface area contributed by atoms with Gasteiger partial charge in [-0.2, -0.15) is 0 Å². The third-order valence-electron chi connectivity index (χ3n) is 2.91. The van der Waals surface area contributed by atoms with Gasteiger partial charge in [-0.25, -0.2) is 0 Å². The average Bonchev–Trinajstić information content (AvgIpc) is 2.26.